The Balaban J connectivity index is 1.68. The van der Waals surface area contributed by atoms with Crippen LogP contribution in [0.15, 0.2) is 48.5 Å². The predicted molar refractivity (Wildman–Crippen MR) is 89.3 cm³/mol. The summed E-state index contributed by atoms with van der Waals surface area (Å²) in [6, 6.07) is 14.0. The van der Waals surface area contributed by atoms with Crippen LogP contribution in [0.1, 0.15) is 27.7 Å². The lowest BCUT2D eigenvalue weighted by atomic mass is 10.1. The topological polar surface area (TPSA) is 98.0 Å². The van der Waals surface area contributed by atoms with Crippen LogP contribution in [0, 0.1) is 0 Å². The molecule has 0 bridgehead atoms. The molecule has 0 unspecified atom stereocenters. The Labute approximate surface area is 137 Å². The molecule has 3 aromatic rings. The highest BCUT2D eigenvalue weighted by Crippen LogP contribution is 2.28. The van der Waals surface area contributed by atoms with Crippen LogP contribution in [0.4, 0.5) is 5.82 Å². The van der Waals surface area contributed by atoms with Gasteiger partial charge in [0.1, 0.15) is 6.04 Å². The van der Waals surface area contributed by atoms with Gasteiger partial charge in [0.15, 0.2) is 17.3 Å². The zero-order chi connectivity index (χ0) is 16.7. The number of anilines is 1. The van der Waals surface area contributed by atoms with Crippen molar-refractivity contribution >= 4 is 28.5 Å². The van der Waals surface area contributed by atoms with Gasteiger partial charge in [-0.3, -0.25) is 9.59 Å². The molecule has 0 saturated heterocycles. The molecule has 2 aromatic carbocycles. The van der Waals surface area contributed by atoms with Gasteiger partial charge in [-0.2, -0.15) is 0 Å². The minimum Gasteiger partial charge on any atom is -0.382 e. The zero-order valence-electron chi connectivity index (χ0n) is 12.7. The molecule has 0 aliphatic heterocycles. The number of ketones is 1. The monoisotopic (exact) mass is 318 g/mol. The summed E-state index contributed by atoms with van der Waals surface area (Å²) in [4.78, 5) is 33.3. The molecule has 0 spiro atoms. The molecule has 118 valence electrons. The molecule has 1 atom stereocenters. The van der Waals surface area contributed by atoms with E-state index in [4.69, 9.17) is 5.73 Å². The van der Waals surface area contributed by atoms with E-state index >= 15 is 0 Å². The first-order valence-electron chi connectivity index (χ1n) is 7.57. The van der Waals surface area contributed by atoms with Gasteiger partial charge in [0, 0.05) is 6.42 Å². The number of fused-ring (bicyclic) bond motifs is 2. The number of para-hydroxylation sites is 2. The Morgan fingerprint density at radius 3 is 2.50 bits per heavy atom. The summed E-state index contributed by atoms with van der Waals surface area (Å²) in [5.74, 6) is -0.498. The number of benzene rings is 2. The third-order valence-corrected chi connectivity index (χ3v) is 4.14. The number of hydrogen-bond acceptors (Lipinski definition) is 5. The number of nitrogens with one attached hydrogen (secondary N) is 1. The van der Waals surface area contributed by atoms with E-state index in [2.05, 4.69) is 15.3 Å². The first-order valence-corrected chi connectivity index (χ1v) is 7.57. The SMILES string of the molecule is Nc1nc2ccccc2nc1C(=O)N[C@@H]1C(=O)Cc2ccccc21. The lowest BCUT2D eigenvalue weighted by molar-refractivity contribution is -0.119. The van der Waals surface area contributed by atoms with Crippen LogP contribution in [-0.4, -0.2) is 21.7 Å². The Morgan fingerprint density at radius 2 is 1.71 bits per heavy atom. The number of nitrogens with zero attached hydrogens (tertiary/aromatic N) is 2. The van der Waals surface area contributed by atoms with Crippen molar-refractivity contribution in [2.24, 2.45) is 0 Å². The van der Waals surface area contributed by atoms with Crippen LogP contribution in [-0.2, 0) is 11.2 Å². The summed E-state index contributed by atoms with van der Waals surface area (Å²) in [6.45, 7) is 0. The molecule has 6 heteroatoms. The average Bonchev–Trinajstić information content (AvgIpc) is 2.90. The van der Waals surface area contributed by atoms with E-state index in [0.29, 0.717) is 17.5 Å². The van der Waals surface area contributed by atoms with Crippen molar-refractivity contribution in [3.63, 3.8) is 0 Å². The Morgan fingerprint density at radius 1 is 1.04 bits per heavy atom. The summed E-state index contributed by atoms with van der Waals surface area (Å²) >= 11 is 0. The van der Waals surface area contributed by atoms with Crippen molar-refractivity contribution in [3.8, 4) is 0 Å². The van der Waals surface area contributed by atoms with Crippen molar-refractivity contribution in [3.05, 3.63) is 65.4 Å². The molecule has 0 saturated carbocycles. The largest absolute Gasteiger partial charge is 0.382 e. The number of nitrogen functional groups attached to an aromatic ring is 1. The van der Waals surface area contributed by atoms with E-state index < -0.39 is 11.9 Å². The Kier molecular flexibility index (Phi) is 3.23. The van der Waals surface area contributed by atoms with Gasteiger partial charge in [0.2, 0.25) is 0 Å². The molecular weight excluding hydrogens is 304 g/mol. The fourth-order valence-corrected chi connectivity index (χ4v) is 2.98. The van der Waals surface area contributed by atoms with Gasteiger partial charge in [-0.05, 0) is 23.3 Å². The van der Waals surface area contributed by atoms with Gasteiger partial charge in [-0.1, -0.05) is 36.4 Å². The van der Waals surface area contributed by atoms with Gasteiger partial charge in [-0.25, -0.2) is 9.97 Å². The molecule has 0 radical (unpaired) electrons. The minimum atomic E-state index is -0.665. The molecule has 24 heavy (non-hydrogen) atoms. The van der Waals surface area contributed by atoms with Crippen molar-refractivity contribution in [2.75, 3.05) is 5.73 Å². The molecular formula is C18H14N4O2. The van der Waals surface area contributed by atoms with Crippen molar-refractivity contribution < 1.29 is 9.59 Å². The zero-order valence-corrected chi connectivity index (χ0v) is 12.7. The van der Waals surface area contributed by atoms with E-state index in [1.165, 1.54) is 0 Å². The highest BCUT2D eigenvalue weighted by atomic mass is 16.2. The highest BCUT2D eigenvalue weighted by Gasteiger charge is 2.32. The second-order valence-corrected chi connectivity index (χ2v) is 5.69. The average molecular weight is 318 g/mol. The van der Waals surface area contributed by atoms with Crippen molar-refractivity contribution in [2.45, 2.75) is 12.5 Å². The van der Waals surface area contributed by atoms with E-state index in [9.17, 15) is 9.59 Å². The van der Waals surface area contributed by atoms with Crippen LogP contribution >= 0.6 is 0 Å². The molecule has 3 N–H and O–H groups in total. The lowest BCUT2D eigenvalue weighted by Gasteiger charge is -2.13. The first kappa shape index (κ1) is 14.3. The maximum atomic E-state index is 12.6. The summed E-state index contributed by atoms with van der Waals surface area (Å²) in [6.07, 6.45) is 0.319. The molecule has 4 rings (SSSR count). The van der Waals surface area contributed by atoms with Gasteiger partial charge >= 0.3 is 0 Å². The van der Waals surface area contributed by atoms with E-state index in [0.717, 1.165) is 11.1 Å². The van der Waals surface area contributed by atoms with Crippen LogP contribution in [0.25, 0.3) is 11.0 Å². The number of nitrogens with two attached hydrogens (primary N) is 1. The summed E-state index contributed by atoms with van der Waals surface area (Å²) in [5, 5.41) is 2.74. The number of carbonyl (C=O) groups is 2. The van der Waals surface area contributed by atoms with Crippen LogP contribution < -0.4 is 11.1 Å². The number of aromatic nitrogens is 2. The van der Waals surface area contributed by atoms with Gasteiger partial charge in [0.25, 0.3) is 5.91 Å². The fourth-order valence-electron chi connectivity index (χ4n) is 2.98. The minimum absolute atomic E-state index is 0.0332. The molecule has 1 aromatic heterocycles. The van der Waals surface area contributed by atoms with Crippen molar-refractivity contribution in [1.82, 2.24) is 15.3 Å². The number of amides is 1. The number of carbonyl (C=O) groups excluding carboxylic acids is 2. The smallest absolute Gasteiger partial charge is 0.274 e. The van der Waals surface area contributed by atoms with Crippen molar-refractivity contribution in [1.29, 1.82) is 0 Å². The van der Waals surface area contributed by atoms with E-state index in [1.807, 2.05) is 36.4 Å². The third-order valence-electron chi connectivity index (χ3n) is 4.14. The second kappa shape index (κ2) is 5.42. The van der Waals surface area contributed by atoms with E-state index in [1.54, 1.807) is 12.1 Å². The second-order valence-electron chi connectivity index (χ2n) is 5.69. The predicted octanol–water partition coefficient (Wildman–Crippen LogP) is 1.81. The highest BCUT2D eigenvalue weighted by molar-refractivity contribution is 6.02. The van der Waals surface area contributed by atoms with E-state index in [-0.39, 0.29) is 17.3 Å². The molecule has 1 aliphatic rings. The summed E-state index contributed by atoms with van der Waals surface area (Å²) in [7, 11) is 0. The molecule has 1 amide bonds. The Bertz CT molecular complexity index is 984. The molecule has 6 nitrogen and oxygen atoms in total. The molecule has 0 fully saturated rings. The van der Waals surface area contributed by atoms with Crippen LogP contribution in [0.5, 0.6) is 0 Å². The first-order chi connectivity index (χ1) is 11.6. The standard InChI is InChI=1S/C18H14N4O2/c19-17-16(20-12-7-3-4-8-13(12)21-17)18(24)22-15-11-6-2-1-5-10(11)9-14(15)23/h1-8,15H,9H2,(H2,19,21)(H,22,24)/t15-/m0/s1. The maximum Gasteiger partial charge on any atom is 0.274 e. The van der Waals surface area contributed by atoms with Crippen LogP contribution in [0.3, 0.4) is 0 Å². The van der Waals surface area contributed by atoms with Crippen LogP contribution in [0.2, 0.25) is 0 Å². The quantitative estimate of drug-likeness (QED) is 0.751. The normalized spacial score (nSPS) is 16.2. The lowest BCUT2D eigenvalue weighted by Crippen LogP contribution is -2.32. The van der Waals surface area contributed by atoms with Gasteiger partial charge in [0.05, 0.1) is 11.0 Å². The number of rotatable bonds is 2. The fraction of sp³-hybridized carbons (Fsp3) is 0.111. The third kappa shape index (κ3) is 2.28. The Hall–Kier alpha value is -3.28. The molecule has 1 aliphatic carbocycles. The maximum absolute atomic E-state index is 12.6. The summed E-state index contributed by atoms with van der Waals surface area (Å²) < 4.78 is 0. The molecule has 1 heterocycles. The number of Topliss-reactive ketones (excluding diaryl/α,β-unsaturated/α-hetero) is 1. The van der Waals surface area contributed by atoms with Gasteiger partial charge in [-0.15, -0.1) is 0 Å². The summed E-state index contributed by atoms with van der Waals surface area (Å²) in [5.41, 5.74) is 8.86. The number of hydrogen-bond donors (Lipinski definition) is 2. The van der Waals surface area contributed by atoms with Gasteiger partial charge < -0.3 is 11.1 Å².